The summed E-state index contributed by atoms with van der Waals surface area (Å²) in [6, 6.07) is 0. The summed E-state index contributed by atoms with van der Waals surface area (Å²) in [6.07, 6.45) is 8.26. The van der Waals surface area contributed by atoms with Crippen molar-refractivity contribution in [3.8, 4) is 0 Å². The van der Waals surface area contributed by atoms with Crippen LogP contribution in [0.2, 0.25) is 0 Å². The summed E-state index contributed by atoms with van der Waals surface area (Å²) in [6.45, 7) is 7.19. The first-order chi connectivity index (χ1) is 8.54. The van der Waals surface area contributed by atoms with E-state index in [2.05, 4.69) is 26.2 Å². The number of thiazole rings is 1. The Morgan fingerprint density at radius 1 is 1.00 bits per heavy atom. The van der Waals surface area contributed by atoms with Gasteiger partial charge in [-0.3, -0.25) is 0 Å². The molecule has 0 aliphatic heterocycles. The maximum Gasteiger partial charge on any atom is 0.0959 e. The first-order valence-corrected chi connectivity index (χ1v) is 8.37. The molecule has 2 fully saturated rings. The predicted molar refractivity (Wildman–Crippen MR) is 78.2 cm³/mol. The van der Waals surface area contributed by atoms with Gasteiger partial charge in [-0.1, -0.05) is 20.8 Å². The monoisotopic (exact) mass is 263 g/mol. The van der Waals surface area contributed by atoms with Crippen molar-refractivity contribution in [1.82, 2.24) is 4.98 Å². The molecule has 18 heavy (non-hydrogen) atoms. The van der Waals surface area contributed by atoms with Crippen LogP contribution in [0, 0.1) is 11.3 Å². The molecule has 0 bridgehead atoms. The van der Waals surface area contributed by atoms with E-state index in [9.17, 15) is 0 Å². The lowest BCUT2D eigenvalue weighted by Gasteiger charge is -2.36. The van der Waals surface area contributed by atoms with Crippen molar-refractivity contribution in [2.24, 2.45) is 11.3 Å². The average Bonchev–Trinajstić information content (AvgIpc) is 3.06. The maximum absolute atomic E-state index is 4.90. The smallest absolute Gasteiger partial charge is 0.0959 e. The highest BCUT2D eigenvalue weighted by Crippen LogP contribution is 2.45. The van der Waals surface area contributed by atoms with E-state index in [1.165, 1.54) is 49.2 Å². The molecule has 2 aliphatic carbocycles. The van der Waals surface area contributed by atoms with Gasteiger partial charge in [-0.25, -0.2) is 4.98 Å². The third-order valence-electron chi connectivity index (χ3n) is 4.84. The number of hydrogen-bond acceptors (Lipinski definition) is 2. The average molecular weight is 263 g/mol. The third kappa shape index (κ3) is 2.64. The van der Waals surface area contributed by atoms with Crippen LogP contribution in [0.1, 0.15) is 81.8 Å². The second kappa shape index (κ2) is 4.63. The number of rotatable bonds is 2. The van der Waals surface area contributed by atoms with Crippen LogP contribution in [0.25, 0.3) is 0 Å². The summed E-state index contributed by atoms with van der Waals surface area (Å²) in [5, 5.41) is 3.76. The Hall–Kier alpha value is -0.370. The Kier molecular flexibility index (Phi) is 3.25. The Morgan fingerprint density at radius 3 is 2.17 bits per heavy atom. The van der Waals surface area contributed by atoms with E-state index in [1.54, 1.807) is 0 Å². The maximum atomic E-state index is 4.90. The van der Waals surface area contributed by atoms with Crippen molar-refractivity contribution in [2.45, 2.75) is 71.1 Å². The molecule has 100 valence electrons. The minimum atomic E-state index is 0.493. The van der Waals surface area contributed by atoms with Gasteiger partial charge in [0.25, 0.3) is 0 Å². The lowest BCUT2D eigenvalue weighted by molar-refractivity contribution is 0.169. The fourth-order valence-corrected chi connectivity index (χ4v) is 4.33. The van der Waals surface area contributed by atoms with Crippen molar-refractivity contribution in [1.29, 1.82) is 0 Å². The summed E-state index contributed by atoms with van der Waals surface area (Å²) in [7, 11) is 0. The van der Waals surface area contributed by atoms with Gasteiger partial charge in [0.1, 0.15) is 0 Å². The van der Waals surface area contributed by atoms with Gasteiger partial charge in [0.05, 0.1) is 10.7 Å². The number of aromatic nitrogens is 1. The zero-order valence-electron chi connectivity index (χ0n) is 11.9. The molecule has 1 heterocycles. The normalized spacial score (nSPS) is 29.5. The van der Waals surface area contributed by atoms with Gasteiger partial charge in [0.15, 0.2) is 0 Å². The summed E-state index contributed by atoms with van der Waals surface area (Å²) >= 11 is 1.92. The molecule has 1 aromatic heterocycles. The van der Waals surface area contributed by atoms with Crippen molar-refractivity contribution >= 4 is 11.3 Å². The zero-order chi connectivity index (χ0) is 12.8. The summed E-state index contributed by atoms with van der Waals surface area (Å²) in [5.74, 6) is 2.50. The molecule has 2 aliphatic rings. The molecule has 1 nitrogen and oxygen atoms in total. The van der Waals surface area contributed by atoms with Crippen LogP contribution in [-0.2, 0) is 0 Å². The van der Waals surface area contributed by atoms with Gasteiger partial charge >= 0.3 is 0 Å². The second-order valence-electron chi connectivity index (χ2n) is 7.30. The van der Waals surface area contributed by atoms with E-state index in [4.69, 9.17) is 4.98 Å². The molecule has 0 unspecified atom stereocenters. The van der Waals surface area contributed by atoms with Gasteiger partial charge in [-0.05, 0) is 49.9 Å². The summed E-state index contributed by atoms with van der Waals surface area (Å²) < 4.78 is 0. The van der Waals surface area contributed by atoms with Crippen molar-refractivity contribution < 1.29 is 0 Å². The molecular weight excluding hydrogens is 238 g/mol. The molecule has 1 aromatic rings. The van der Waals surface area contributed by atoms with Crippen LogP contribution in [-0.4, -0.2) is 4.98 Å². The largest absolute Gasteiger partial charge is 0.246 e. The Bertz CT molecular complexity index is 403. The van der Waals surface area contributed by atoms with Crippen LogP contribution in [0.4, 0.5) is 0 Å². The van der Waals surface area contributed by atoms with E-state index < -0.39 is 0 Å². The van der Waals surface area contributed by atoms with Crippen molar-refractivity contribution in [2.75, 3.05) is 0 Å². The number of hydrogen-bond donors (Lipinski definition) is 0. The SMILES string of the molecule is CC(C)(C)C1CCC(c2nc(C3CC3)cs2)CC1. The fraction of sp³-hybridized carbons (Fsp3) is 0.812. The lowest BCUT2D eigenvalue weighted by atomic mass is 9.70. The minimum Gasteiger partial charge on any atom is -0.246 e. The van der Waals surface area contributed by atoms with E-state index in [-0.39, 0.29) is 0 Å². The number of nitrogens with zero attached hydrogens (tertiary/aromatic N) is 1. The highest BCUT2D eigenvalue weighted by atomic mass is 32.1. The van der Waals surface area contributed by atoms with Crippen LogP contribution in [0.3, 0.4) is 0 Å². The molecule has 0 aromatic carbocycles. The van der Waals surface area contributed by atoms with Crippen LogP contribution < -0.4 is 0 Å². The Morgan fingerprint density at radius 2 is 1.61 bits per heavy atom. The quantitative estimate of drug-likeness (QED) is 0.701. The highest BCUT2D eigenvalue weighted by molar-refractivity contribution is 7.09. The molecule has 0 N–H and O–H groups in total. The van der Waals surface area contributed by atoms with Gasteiger partial charge in [-0.2, -0.15) is 0 Å². The lowest BCUT2D eigenvalue weighted by Crippen LogP contribution is -2.25. The molecule has 2 saturated carbocycles. The van der Waals surface area contributed by atoms with E-state index in [0.29, 0.717) is 5.41 Å². The molecule has 2 heteroatoms. The van der Waals surface area contributed by atoms with Crippen molar-refractivity contribution in [3.63, 3.8) is 0 Å². The van der Waals surface area contributed by atoms with Gasteiger partial charge in [0, 0.05) is 17.2 Å². The molecule has 0 saturated heterocycles. The topological polar surface area (TPSA) is 12.9 Å². The van der Waals surface area contributed by atoms with Crippen LogP contribution >= 0.6 is 11.3 Å². The first-order valence-electron chi connectivity index (χ1n) is 7.49. The summed E-state index contributed by atoms with van der Waals surface area (Å²) in [4.78, 5) is 4.90. The molecule has 0 amide bonds. The predicted octanol–water partition coefficient (Wildman–Crippen LogP) is 5.34. The van der Waals surface area contributed by atoms with E-state index in [0.717, 1.165) is 17.8 Å². The van der Waals surface area contributed by atoms with Gasteiger partial charge < -0.3 is 0 Å². The fourth-order valence-electron chi connectivity index (χ4n) is 3.26. The summed E-state index contributed by atoms with van der Waals surface area (Å²) in [5.41, 5.74) is 1.89. The van der Waals surface area contributed by atoms with Crippen LogP contribution in [0.5, 0.6) is 0 Å². The highest BCUT2D eigenvalue weighted by Gasteiger charge is 2.32. The van der Waals surface area contributed by atoms with E-state index >= 15 is 0 Å². The standard InChI is InChI=1S/C16H25NS/c1-16(2,3)13-8-6-12(7-9-13)15-17-14(10-18-15)11-4-5-11/h10-13H,4-9H2,1-3H3. The first kappa shape index (κ1) is 12.7. The van der Waals surface area contributed by atoms with Crippen molar-refractivity contribution in [3.05, 3.63) is 16.1 Å². The molecular formula is C16H25NS. The second-order valence-corrected chi connectivity index (χ2v) is 8.19. The molecule has 0 atom stereocenters. The van der Waals surface area contributed by atoms with Gasteiger partial charge in [0.2, 0.25) is 0 Å². The van der Waals surface area contributed by atoms with E-state index in [1.807, 2.05) is 11.3 Å². The zero-order valence-corrected chi connectivity index (χ0v) is 12.7. The van der Waals surface area contributed by atoms with Crippen LogP contribution in [0.15, 0.2) is 5.38 Å². The third-order valence-corrected chi connectivity index (χ3v) is 5.86. The molecule has 0 radical (unpaired) electrons. The Balaban J connectivity index is 1.61. The Labute approximate surface area is 115 Å². The molecule has 3 rings (SSSR count). The van der Waals surface area contributed by atoms with Gasteiger partial charge in [-0.15, -0.1) is 11.3 Å². The minimum absolute atomic E-state index is 0.493. The molecule has 0 spiro atoms.